The van der Waals surface area contributed by atoms with Gasteiger partial charge >= 0.3 is 12.8 Å². The van der Waals surface area contributed by atoms with Crippen LogP contribution in [0.25, 0.3) is 0 Å². The van der Waals surface area contributed by atoms with Crippen LogP contribution >= 0.6 is 0 Å². The molecule has 39 heavy (non-hydrogen) atoms. The third-order valence-electron chi connectivity index (χ3n) is 9.18. The molecule has 3 heterocycles. The summed E-state index contributed by atoms with van der Waals surface area (Å²) in [5, 5.41) is 0.0475. The zero-order chi connectivity index (χ0) is 29.0. The molecule has 2 saturated heterocycles. The summed E-state index contributed by atoms with van der Waals surface area (Å²) in [6, 6.07) is 9.53. The number of ether oxygens (including phenoxy) is 1. The van der Waals surface area contributed by atoms with Gasteiger partial charge in [-0.25, -0.2) is 4.79 Å². The van der Waals surface area contributed by atoms with E-state index in [0.717, 1.165) is 5.56 Å². The van der Waals surface area contributed by atoms with Gasteiger partial charge in [-0.15, -0.1) is 0 Å². The second-order valence-electron chi connectivity index (χ2n) is 13.6. The van der Waals surface area contributed by atoms with Crippen LogP contribution in [-0.2, 0) is 25.0 Å². The number of hydrogen-bond acceptors (Lipinski definition) is 6. The number of rotatable bonds is 7. The standard InChI is InChI=1S/C29H45BN2O6Si/c1-20-17-31(26(34)32(25(20)33)18-21-14-12-11-13-15-21)24-16-22(30-37-28(5,6)29(7,8)38-30)23(36-24)19-35-39(9,10)27(2,3)4/h11-15,17,22-24H,16,18-19H2,1-10H3/t22-,23+,24+/m0/s1. The molecule has 0 bridgehead atoms. The molecule has 0 N–H and O–H groups in total. The number of hydrogen-bond donors (Lipinski definition) is 0. The topological polar surface area (TPSA) is 80.9 Å². The number of aromatic nitrogens is 2. The number of benzene rings is 1. The summed E-state index contributed by atoms with van der Waals surface area (Å²) in [4.78, 5) is 26.7. The van der Waals surface area contributed by atoms with Crippen molar-refractivity contribution >= 4 is 15.4 Å². The average molecular weight is 557 g/mol. The third-order valence-corrected chi connectivity index (χ3v) is 13.7. The first-order valence-corrected chi connectivity index (χ1v) is 16.9. The lowest BCUT2D eigenvalue weighted by molar-refractivity contribution is -0.0241. The summed E-state index contributed by atoms with van der Waals surface area (Å²) in [7, 11) is -2.55. The van der Waals surface area contributed by atoms with E-state index in [1.165, 1.54) is 4.57 Å². The number of nitrogens with zero attached hydrogens (tertiary/aromatic N) is 2. The maximum Gasteiger partial charge on any atom is 0.464 e. The van der Waals surface area contributed by atoms with E-state index < -0.39 is 38.6 Å². The molecule has 2 fully saturated rings. The smallest absolute Gasteiger partial charge is 0.414 e. The minimum atomic E-state index is -2.05. The largest absolute Gasteiger partial charge is 0.464 e. The monoisotopic (exact) mass is 556 g/mol. The molecule has 10 heteroatoms. The molecular weight excluding hydrogens is 511 g/mol. The molecule has 0 spiro atoms. The van der Waals surface area contributed by atoms with E-state index in [4.69, 9.17) is 18.5 Å². The Bertz CT molecular complexity index is 1280. The average Bonchev–Trinajstić information content (AvgIpc) is 3.35. The van der Waals surface area contributed by atoms with Gasteiger partial charge in [0.05, 0.1) is 30.5 Å². The molecule has 4 rings (SSSR count). The lowest BCUT2D eigenvalue weighted by Gasteiger charge is -2.37. The van der Waals surface area contributed by atoms with Crippen LogP contribution in [0.4, 0.5) is 0 Å². The van der Waals surface area contributed by atoms with Crippen molar-refractivity contribution in [2.75, 3.05) is 6.61 Å². The van der Waals surface area contributed by atoms with Gasteiger partial charge in [0.25, 0.3) is 5.56 Å². The maximum atomic E-state index is 13.7. The minimum Gasteiger partial charge on any atom is -0.414 e. The van der Waals surface area contributed by atoms with Crippen LogP contribution in [-0.4, -0.2) is 48.5 Å². The highest BCUT2D eigenvalue weighted by Crippen LogP contribution is 2.47. The van der Waals surface area contributed by atoms with Crippen LogP contribution < -0.4 is 11.2 Å². The number of aryl methyl sites for hydroxylation is 1. The van der Waals surface area contributed by atoms with Crippen LogP contribution in [0.5, 0.6) is 0 Å². The Kier molecular flexibility index (Phi) is 8.04. The van der Waals surface area contributed by atoms with Crippen molar-refractivity contribution in [2.45, 2.75) is 116 Å². The predicted octanol–water partition coefficient (Wildman–Crippen LogP) is 5.14. The SMILES string of the molecule is Cc1cn([C@H]2C[C@H](B3OC(C)(C)C(C)(C)O3)[C@@H](CO[Si](C)(C)C(C)(C)C)O2)c(=O)n(Cc2ccccc2)c1=O. The summed E-state index contributed by atoms with van der Waals surface area (Å²) in [6.07, 6.45) is 1.22. The van der Waals surface area contributed by atoms with E-state index in [1.54, 1.807) is 17.7 Å². The molecule has 0 saturated carbocycles. The third kappa shape index (κ3) is 5.91. The van der Waals surface area contributed by atoms with Gasteiger partial charge < -0.3 is 18.5 Å². The molecule has 0 radical (unpaired) electrons. The first kappa shape index (κ1) is 30.0. The summed E-state index contributed by atoms with van der Waals surface area (Å²) >= 11 is 0. The van der Waals surface area contributed by atoms with Crippen LogP contribution in [0, 0.1) is 6.92 Å². The Morgan fingerprint density at radius 3 is 2.21 bits per heavy atom. The Balaban J connectivity index is 1.67. The van der Waals surface area contributed by atoms with Gasteiger partial charge in [0.2, 0.25) is 0 Å². The maximum absolute atomic E-state index is 13.7. The highest BCUT2D eigenvalue weighted by atomic mass is 28.4. The Morgan fingerprint density at radius 2 is 1.64 bits per heavy atom. The predicted molar refractivity (Wildman–Crippen MR) is 157 cm³/mol. The molecule has 0 amide bonds. The quantitative estimate of drug-likeness (QED) is 0.440. The van der Waals surface area contributed by atoms with Gasteiger partial charge in [-0.2, -0.15) is 0 Å². The lowest BCUT2D eigenvalue weighted by atomic mass is 9.68. The molecular formula is C29H45BN2O6Si. The lowest BCUT2D eigenvalue weighted by Crippen LogP contribution is -2.44. The molecule has 2 aliphatic heterocycles. The van der Waals surface area contributed by atoms with E-state index in [2.05, 4.69) is 33.9 Å². The molecule has 0 aliphatic carbocycles. The van der Waals surface area contributed by atoms with Gasteiger partial charge in [0.15, 0.2) is 8.32 Å². The molecule has 0 unspecified atom stereocenters. The van der Waals surface area contributed by atoms with Gasteiger partial charge in [-0.1, -0.05) is 51.1 Å². The molecule has 2 aliphatic rings. The van der Waals surface area contributed by atoms with Crippen molar-refractivity contribution in [1.82, 2.24) is 9.13 Å². The Hall–Kier alpha value is -1.98. The molecule has 1 aromatic heterocycles. The van der Waals surface area contributed by atoms with E-state index in [0.29, 0.717) is 18.6 Å². The van der Waals surface area contributed by atoms with Gasteiger partial charge in [-0.05, 0) is 64.7 Å². The second kappa shape index (κ2) is 10.5. The van der Waals surface area contributed by atoms with Crippen molar-refractivity contribution < 1.29 is 18.5 Å². The van der Waals surface area contributed by atoms with Gasteiger partial charge in [0.1, 0.15) is 6.23 Å². The van der Waals surface area contributed by atoms with Crippen LogP contribution in [0.3, 0.4) is 0 Å². The van der Waals surface area contributed by atoms with Crippen LogP contribution in [0.15, 0.2) is 46.1 Å². The van der Waals surface area contributed by atoms with Crippen molar-refractivity contribution in [3.63, 3.8) is 0 Å². The van der Waals surface area contributed by atoms with E-state index >= 15 is 0 Å². The Morgan fingerprint density at radius 1 is 1.05 bits per heavy atom. The molecule has 214 valence electrons. The highest BCUT2D eigenvalue weighted by Gasteiger charge is 2.58. The van der Waals surface area contributed by atoms with E-state index in [-0.39, 0.29) is 29.1 Å². The summed E-state index contributed by atoms with van der Waals surface area (Å²) in [5.41, 5.74) is -0.288. The zero-order valence-electron chi connectivity index (χ0n) is 25.2. The van der Waals surface area contributed by atoms with E-state index in [9.17, 15) is 9.59 Å². The van der Waals surface area contributed by atoms with Crippen molar-refractivity contribution in [3.8, 4) is 0 Å². The second-order valence-corrected chi connectivity index (χ2v) is 18.4. The fourth-order valence-electron chi connectivity index (χ4n) is 4.81. The zero-order valence-corrected chi connectivity index (χ0v) is 26.2. The van der Waals surface area contributed by atoms with Crippen LogP contribution in [0.2, 0.25) is 23.9 Å². The van der Waals surface area contributed by atoms with Crippen molar-refractivity contribution in [2.24, 2.45) is 0 Å². The molecule has 1 aromatic carbocycles. The first-order valence-electron chi connectivity index (χ1n) is 13.9. The highest BCUT2D eigenvalue weighted by molar-refractivity contribution is 6.74. The molecule has 3 atom stereocenters. The summed E-state index contributed by atoms with van der Waals surface area (Å²) < 4.78 is 28.9. The van der Waals surface area contributed by atoms with Crippen molar-refractivity contribution in [1.29, 1.82) is 0 Å². The fraction of sp³-hybridized carbons (Fsp3) is 0.655. The summed E-state index contributed by atoms with van der Waals surface area (Å²) in [6.45, 7) is 21.5. The molecule has 2 aromatic rings. The summed E-state index contributed by atoms with van der Waals surface area (Å²) in [5.74, 6) is -0.150. The van der Waals surface area contributed by atoms with Crippen LogP contribution in [0.1, 0.15) is 72.2 Å². The Labute approximate surface area is 233 Å². The van der Waals surface area contributed by atoms with Crippen molar-refractivity contribution in [3.05, 3.63) is 68.5 Å². The van der Waals surface area contributed by atoms with E-state index in [1.807, 2.05) is 58.0 Å². The first-order chi connectivity index (χ1) is 17.9. The minimum absolute atomic E-state index is 0.0475. The molecule has 8 nitrogen and oxygen atoms in total. The van der Waals surface area contributed by atoms with Gasteiger partial charge in [0, 0.05) is 17.6 Å². The van der Waals surface area contributed by atoms with Gasteiger partial charge in [-0.3, -0.25) is 13.9 Å². The normalized spacial score (nSPS) is 24.9. The fourth-order valence-corrected chi connectivity index (χ4v) is 5.83.